The zero-order valence-electron chi connectivity index (χ0n) is 14.4. The third kappa shape index (κ3) is 3.31. The minimum Gasteiger partial charge on any atom is -0.389 e. The number of carbonyl (C=O) groups excluding carboxylic acids is 1. The molecule has 2 atom stereocenters. The van der Waals surface area contributed by atoms with E-state index in [9.17, 15) is 18.3 Å². The van der Waals surface area contributed by atoms with E-state index in [-0.39, 0.29) is 18.6 Å². The Bertz CT molecular complexity index is 756. The molecule has 1 amide bonds. The summed E-state index contributed by atoms with van der Waals surface area (Å²) in [5, 5.41) is 10.9. The van der Waals surface area contributed by atoms with Crippen LogP contribution in [0.3, 0.4) is 0 Å². The van der Waals surface area contributed by atoms with Gasteiger partial charge in [0.25, 0.3) is 0 Å². The van der Waals surface area contributed by atoms with E-state index in [0.29, 0.717) is 25.9 Å². The molecule has 2 N–H and O–H groups in total. The zero-order valence-corrected chi connectivity index (χ0v) is 15.3. The van der Waals surface area contributed by atoms with Crippen molar-refractivity contribution in [2.24, 2.45) is 0 Å². The van der Waals surface area contributed by atoms with Gasteiger partial charge in [0.1, 0.15) is 6.10 Å². The molecule has 1 heterocycles. The molecule has 1 aliphatic carbocycles. The number of amides is 1. The van der Waals surface area contributed by atoms with Crippen molar-refractivity contribution in [2.45, 2.75) is 30.5 Å². The Morgan fingerprint density at radius 2 is 2.00 bits per heavy atom. The highest BCUT2D eigenvalue weighted by molar-refractivity contribution is 7.88. The standard InChI is InChI=1S/C17H24N2O5S/c1-24-15-12-5-3-4-6-13(12)17(16(15)21)7-9-19(10-8-17)14(20)11-18-25(2,22)23/h3-6,15-16,18,21H,7-11H2,1-2H3/t15-,16+/m1/s1. The average Bonchev–Trinajstić information content (AvgIpc) is 2.81. The van der Waals surface area contributed by atoms with Crippen LogP contribution in [0.1, 0.15) is 30.1 Å². The second kappa shape index (κ2) is 6.68. The van der Waals surface area contributed by atoms with E-state index in [1.807, 2.05) is 24.3 Å². The zero-order chi connectivity index (χ0) is 18.2. The number of hydrogen-bond donors (Lipinski definition) is 2. The van der Waals surface area contributed by atoms with Gasteiger partial charge in [-0.25, -0.2) is 13.1 Å². The molecule has 1 aromatic carbocycles. The van der Waals surface area contributed by atoms with Crippen LogP contribution in [-0.2, 0) is 25.0 Å². The molecule has 3 rings (SSSR count). The molecule has 8 heteroatoms. The van der Waals surface area contributed by atoms with Crippen molar-refractivity contribution in [1.82, 2.24) is 9.62 Å². The van der Waals surface area contributed by atoms with E-state index in [0.717, 1.165) is 17.4 Å². The lowest BCUT2D eigenvalue weighted by Gasteiger charge is -2.42. The molecule has 1 spiro atoms. The number of hydrogen-bond acceptors (Lipinski definition) is 5. The largest absolute Gasteiger partial charge is 0.389 e. The summed E-state index contributed by atoms with van der Waals surface area (Å²) < 4.78 is 30.0. The van der Waals surface area contributed by atoms with Crippen LogP contribution in [0.15, 0.2) is 24.3 Å². The molecular formula is C17H24N2O5S. The van der Waals surface area contributed by atoms with Gasteiger partial charge in [0.15, 0.2) is 0 Å². The molecule has 7 nitrogen and oxygen atoms in total. The summed E-state index contributed by atoms with van der Waals surface area (Å²) in [6.45, 7) is 0.726. The number of carbonyl (C=O) groups is 1. The number of aliphatic hydroxyl groups excluding tert-OH is 1. The fraction of sp³-hybridized carbons (Fsp3) is 0.588. The number of fused-ring (bicyclic) bond motifs is 2. The molecule has 0 bridgehead atoms. The maximum absolute atomic E-state index is 12.2. The summed E-state index contributed by atoms with van der Waals surface area (Å²) in [4.78, 5) is 13.9. The Balaban J connectivity index is 1.74. The Morgan fingerprint density at radius 3 is 2.60 bits per heavy atom. The van der Waals surface area contributed by atoms with Gasteiger partial charge in [-0.15, -0.1) is 0 Å². The molecule has 0 saturated carbocycles. The lowest BCUT2D eigenvalue weighted by Crippen LogP contribution is -2.51. The van der Waals surface area contributed by atoms with Crippen molar-refractivity contribution in [3.8, 4) is 0 Å². The van der Waals surface area contributed by atoms with Gasteiger partial charge in [-0.2, -0.15) is 0 Å². The molecule has 1 aliphatic heterocycles. The van der Waals surface area contributed by atoms with E-state index in [1.54, 1.807) is 12.0 Å². The summed E-state index contributed by atoms with van der Waals surface area (Å²) in [7, 11) is -1.80. The highest BCUT2D eigenvalue weighted by Crippen LogP contribution is 2.51. The summed E-state index contributed by atoms with van der Waals surface area (Å²) >= 11 is 0. The number of piperidine rings is 1. The second-order valence-corrected chi connectivity index (χ2v) is 8.65. The normalized spacial score (nSPS) is 25.2. The number of methoxy groups -OCH3 is 1. The van der Waals surface area contributed by atoms with Gasteiger partial charge in [-0.1, -0.05) is 24.3 Å². The van der Waals surface area contributed by atoms with Gasteiger partial charge in [0, 0.05) is 25.6 Å². The number of ether oxygens (including phenoxy) is 1. The number of sulfonamides is 1. The van der Waals surface area contributed by atoms with E-state index in [2.05, 4.69) is 4.72 Å². The van der Waals surface area contributed by atoms with Crippen LogP contribution in [0.5, 0.6) is 0 Å². The van der Waals surface area contributed by atoms with E-state index >= 15 is 0 Å². The van der Waals surface area contributed by atoms with Crippen LogP contribution >= 0.6 is 0 Å². The highest BCUT2D eigenvalue weighted by Gasteiger charge is 2.53. The number of rotatable bonds is 4. The number of nitrogens with one attached hydrogen (secondary N) is 1. The third-order valence-electron chi connectivity index (χ3n) is 5.40. The molecule has 0 unspecified atom stereocenters. The van der Waals surface area contributed by atoms with Crippen LogP contribution in [0.2, 0.25) is 0 Å². The molecule has 138 valence electrons. The van der Waals surface area contributed by atoms with Crippen LogP contribution < -0.4 is 4.72 Å². The molecule has 0 radical (unpaired) electrons. The van der Waals surface area contributed by atoms with Crippen LogP contribution in [0, 0.1) is 0 Å². The number of likely N-dealkylation sites (tertiary alicyclic amines) is 1. The molecule has 2 aliphatic rings. The molecule has 1 saturated heterocycles. The van der Waals surface area contributed by atoms with Crippen molar-refractivity contribution < 1.29 is 23.1 Å². The Kier molecular flexibility index (Phi) is 4.89. The van der Waals surface area contributed by atoms with Crippen LogP contribution in [-0.4, -0.2) is 63.4 Å². The third-order valence-corrected chi connectivity index (χ3v) is 6.07. The average molecular weight is 368 g/mol. The summed E-state index contributed by atoms with van der Waals surface area (Å²) in [6.07, 6.45) is 1.26. The molecule has 0 aromatic heterocycles. The van der Waals surface area contributed by atoms with Gasteiger partial charge in [-0.05, 0) is 24.0 Å². The Labute approximate surface area is 148 Å². The number of nitrogens with zero attached hydrogens (tertiary/aromatic N) is 1. The van der Waals surface area contributed by atoms with Gasteiger partial charge in [0.2, 0.25) is 15.9 Å². The van der Waals surface area contributed by atoms with Crippen molar-refractivity contribution in [3.63, 3.8) is 0 Å². The first-order chi connectivity index (χ1) is 11.8. The molecule has 1 aromatic rings. The smallest absolute Gasteiger partial charge is 0.237 e. The quantitative estimate of drug-likeness (QED) is 0.789. The highest BCUT2D eigenvalue weighted by atomic mass is 32.2. The van der Waals surface area contributed by atoms with E-state index in [1.165, 1.54) is 0 Å². The van der Waals surface area contributed by atoms with Crippen molar-refractivity contribution in [1.29, 1.82) is 0 Å². The van der Waals surface area contributed by atoms with Crippen molar-refractivity contribution >= 4 is 15.9 Å². The van der Waals surface area contributed by atoms with Gasteiger partial charge < -0.3 is 14.7 Å². The summed E-state index contributed by atoms with van der Waals surface area (Å²) in [6, 6.07) is 7.90. The Morgan fingerprint density at radius 1 is 1.36 bits per heavy atom. The molecular weight excluding hydrogens is 344 g/mol. The maximum Gasteiger partial charge on any atom is 0.237 e. The van der Waals surface area contributed by atoms with E-state index < -0.39 is 21.5 Å². The van der Waals surface area contributed by atoms with Crippen LogP contribution in [0.25, 0.3) is 0 Å². The van der Waals surface area contributed by atoms with Gasteiger partial charge in [-0.3, -0.25) is 4.79 Å². The lowest BCUT2D eigenvalue weighted by atomic mass is 9.72. The van der Waals surface area contributed by atoms with Gasteiger partial charge in [0.05, 0.1) is 18.9 Å². The molecule has 1 fully saturated rings. The predicted octanol–water partition coefficient (Wildman–Crippen LogP) is 0.158. The fourth-order valence-corrected chi connectivity index (χ4v) is 4.48. The number of benzene rings is 1. The first-order valence-corrected chi connectivity index (χ1v) is 10.2. The first kappa shape index (κ1) is 18.3. The van der Waals surface area contributed by atoms with E-state index in [4.69, 9.17) is 4.74 Å². The Hall–Kier alpha value is -1.48. The lowest BCUT2D eigenvalue weighted by molar-refractivity contribution is -0.133. The topological polar surface area (TPSA) is 95.9 Å². The minimum absolute atomic E-state index is 0.230. The monoisotopic (exact) mass is 368 g/mol. The maximum atomic E-state index is 12.2. The molecule has 25 heavy (non-hydrogen) atoms. The SMILES string of the molecule is CO[C@@H]1c2ccccc2C2(CCN(C(=O)CNS(C)(=O)=O)CC2)[C@H]1O. The predicted molar refractivity (Wildman–Crippen MR) is 92.5 cm³/mol. The van der Waals surface area contributed by atoms with Crippen molar-refractivity contribution in [3.05, 3.63) is 35.4 Å². The minimum atomic E-state index is -3.39. The summed E-state index contributed by atoms with van der Waals surface area (Å²) in [5.41, 5.74) is 1.69. The second-order valence-electron chi connectivity index (χ2n) is 6.82. The van der Waals surface area contributed by atoms with Crippen LogP contribution in [0.4, 0.5) is 0 Å². The number of aliphatic hydroxyl groups is 1. The van der Waals surface area contributed by atoms with Crippen molar-refractivity contribution in [2.75, 3.05) is 33.0 Å². The van der Waals surface area contributed by atoms with Gasteiger partial charge >= 0.3 is 0 Å². The fourth-order valence-electron chi connectivity index (χ4n) is 4.10. The summed E-state index contributed by atoms with van der Waals surface area (Å²) in [5.74, 6) is -0.246. The first-order valence-electron chi connectivity index (χ1n) is 8.31.